The number of nitrogens with one attached hydrogen (secondary N) is 2. The van der Waals surface area contributed by atoms with Crippen molar-refractivity contribution in [3.63, 3.8) is 0 Å². The van der Waals surface area contributed by atoms with Crippen molar-refractivity contribution >= 4 is 5.69 Å². The summed E-state index contributed by atoms with van der Waals surface area (Å²) < 4.78 is 26.4. The number of halogens is 2. The highest BCUT2D eigenvalue weighted by Gasteiger charge is 2.11. The number of benzene rings is 2. The van der Waals surface area contributed by atoms with E-state index in [-0.39, 0.29) is 5.69 Å². The average Bonchev–Trinajstić information content (AvgIpc) is 3.04. The second-order valence-corrected chi connectivity index (χ2v) is 4.53. The molecular formula is C14H11F2N5O. The minimum Gasteiger partial charge on any atom is -0.369 e. The normalized spacial score (nSPS) is 12.1. The molecule has 2 aromatic carbocycles. The van der Waals surface area contributed by atoms with Gasteiger partial charge in [0.15, 0.2) is 6.23 Å². The maximum atomic E-state index is 13.5. The molecule has 0 radical (unpaired) electrons. The maximum absolute atomic E-state index is 13.5. The maximum Gasteiger partial charge on any atom is 0.204 e. The van der Waals surface area contributed by atoms with Gasteiger partial charge in [0.2, 0.25) is 5.82 Å². The number of nitrogens with zero attached hydrogens (tertiary/aromatic N) is 3. The zero-order chi connectivity index (χ0) is 15.5. The van der Waals surface area contributed by atoms with Gasteiger partial charge in [-0.1, -0.05) is 24.3 Å². The van der Waals surface area contributed by atoms with Crippen molar-refractivity contribution in [1.82, 2.24) is 20.6 Å². The lowest BCUT2D eigenvalue weighted by atomic mass is 10.1. The molecule has 0 fully saturated rings. The van der Waals surface area contributed by atoms with E-state index in [9.17, 15) is 13.9 Å². The highest BCUT2D eigenvalue weighted by Crippen LogP contribution is 2.22. The predicted octanol–water partition coefficient (Wildman–Crippen LogP) is 2.25. The number of tetrazole rings is 1. The number of H-pyrrole nitrogens is 1. The van der Waals surface area contributed by atoms with Crippen molar-refractivity contribution in [1.29, 1.82) is 0 Å². The first-order valence-electron chi connectivity index (χ1n) is 6.37. The molecule has 0 bridgehead atoms. The Morgan fingerprint density at radius 3 is 2.50 bits per heavy atom. The lowest BCUT2D eigenvalue weighted by molar-refractivity contribution is 0.207. The molecule has 0 saturated carbocycles. The summed E-state index contributed by atoms with van der Waals surface area (Å²) in [5.41, 5.74) is 1.24. The van der Waals surface area contributed by atoms with Gasteiger partial charge in [0.05, 0.1) is 5.69 Å². The third-order valence-corrected chi connectivity index (χ3v) is 3.05. The summed E-state index contributed by atoms with van der Waals surface area (Å²) in [6.07, 6.45) is -1.14. The number of aromatic amines is 1. The van der Waals surface area contributed by atoms with E-state index in [0.717, 1.165) is 17.7 Å². The number of hydrogen-bond acceptors (Lipinski definition) is 5. The summed E-state index contributed by atoms with van der Waals surface area (Å²) >= 11 is 0. The SMILES string of the molecule is OC(Nc1ccc(F)cc1F)c1ccc(-c2nn[nH]n2)cc1. The van der Waals surface area contributed by atoms with E-state index < -0.39 is 17.9 Å². The van der Waals surface area contributed by atoms with Crippen LogP contribution in [-0.2, 0) is 0 Å². The third kappa shape index (κ3) is 2.91. The molecule has 0 aliphatic carbocycles. The Morgan fingerprint density at radius 2 is 1.86 bits per heavy atom. The number of aliphatic hydroxyl groups is 1. The van der Waals surface area contributed by atoms with E-state index in [2.05, 4.69) is 25.9 Å². The van der Waals surface area contributed by atoms with Crippen LogP contribution in [0.4, 0.5) is 14.5 Å². The van der Waals surface area contributed by atoms with Gasteiger partial charge < -0.3 is 10.4 Å². The van der Waals surface area contributed by atoms with Gasteiger partial charge in [0, 0.05) is 17.2 Å². The molecule has 0 amide bonds. The molecule has 3 aromatic rings. The number of anilines is 1. The second kappa shape index (κ2) is 5.86. The first-order valence-corrected chi connectivity index (χ1v) is 6.37. The van der Waals surface area contributed by atoms with Gasteiger partial charge >= 0.3 is 0 Å². The second-order valence-electron chi connectivity index (χ2n) is 4.53. The van der Waals surface area contributed by atoms with Crippen LogP contribution < -0.4 is 5.32 Å². The fourth-order valence-electron chi connectivity index (χ4n) is 1.94. The third-order valence-electron chi connectivity index (χ3n) is 3.05. The van der Waals surface area contributed by atoms with Crippen LogP contribution in [-0.4, -0.2) is 25.7 Å². The summed E-state index contributed by atoms with van der Waals surface area (Å²) in [5.74, 6) is -1.02. The standard InChI is InChI=1S/C14H11F2N5O/c15-10-5-6-12(11(16)7-10)17-14(22)9-3-1-8(2-4-9)13-18-20-21-19-13/h1-7,14,17,22H,(H,18,19,20,21). The van der Waals surface area contributed by atoms with E-state index in [1.165, 1.54) is 6.07 Å². The fourth-order valence-corrected chi connectivity index (χ4v) is 1.94. The van der Waals surface area contributed by atoms with Crippen LogP contribution in [0.3, 0.4) is 0 Å². The molecule has 1 atom stereocenters. The molecule has 0 aliphatic rings. The largest absolute Gasteiger partial charge is 0.369 e. The lowest BCUT2D eigenvalue weighted by Gasteiger charge is -2.15. The molecule has 3 N–H and O–H groups in total. The van der Waals surface area contributed by atoms with Crippen LogP contribution in [0.1, 0.15) is 11.8 Å². The van der Waals surface area contributed by atoms with Crippen molar-refractivity contribution in [3.8, 4) is 11.4 Å². The van der Waals surface area contributed by atoms with Crippen LogP contribution in [0.2, 0.25) is 0 Å². The van der Waals surface area contributed by atoms with Gasteiger partial charge in [0.25, 0.3) is 0 Å². The van der Waals surface area contributed by atoms with Crippen LogP contribution in [0.25, 0.3) is 11.4 Å². The first kappa shape index (κ1) is 14.1. The van der Waals surface area contributed by atoms with Crippen molar-refractivity contribution in [2.45, 2.75) is 6.23 Å². The number of aliphatic hydroxyl groups excluding tert-OH is 1. The molecular weight excluding hydrogens is 292 g/mol. The summed E-state index contributed by atoms with van der Waals surface area (Å²) in [7, 11) is 0. The van der Waals surface area contributed by atoms with E-state index in [4.69, 9.17) is 0 Å². The lowest BCUT2D eigenvalue weighted by Crippen LogP contribution is -2.10. The van der Waals surface area contributed by atoms with Crippen molar-refractivity contribution in [2.24, 2.45) is 0 Å². The van der Waals surface area contributed by atoms with Crippen LogP contribution in [0.15, 0.2) is 42.5 Å². The summed E-state index contributed by atoms with van der Waals surface area (Å²) in [5, 5.41) is 26.1. The minimum atomic E-state index is -1.14. The molecule has 1 heterocycles. The molecule has 1 unspecified atom stereocenters. The molecule has 1 aromatic heterocycles. The molecule has 6 nitrogen and oxygen atoms in total. The van der Waals surface area contributed by atoms with Gasteiger partial charge in [-0.25, -0.2) is 8.78 Å². The van der Waals surface area contributed by atoms with E-state index in [1.807, 2.05) is 0 Å². The smallest absolute Gasteiger partial charge is 0.204 e. The predicted molar refractivity (Wildman–Crippen MR) is 74.6 cm³/mol. The molecule has 0 spiro atoms. The Hall–Kier alpha value is -2.87. The Kier molecular flexibility index (Phi) is 3.75. The van der Waals surface area contributed by atoms with Crippen molar-refractivity contribution in [3.05, 3.63) is 59.7 Å². The van der Waals surface area contributed by atoms with E-state index >= 15 is 0 Å². The number of hydrogen-bond donors (Lipinski definition) is 3. The summed E-state index contributed by atoms with van der Waals surface area (Å²) in [6.45, 7) is 0. The zero-order valence-corrected chi connectivity index (χ0v) is 11.2. The van der Waals surface area contributed by atoms with Crippen LogP contribution in [0, 0.1) is 11.6 Å². The monoisotopic (exact) mass is 303 g/mol. The van der Waals surface area contributed by atoms with Gasteiger partial charge in [-0.2, -0.15) is 5.21 Å². The Bertz CT molecular complexity index is 761. The average molecular weight is 303 g/mol. The van der Waals surface area contributed by atoms with Gasteiger partial charge in [-0.3, -0.25) is 0 Å². The Balaban J connectivity index is 1.76. The topological polar surface area (TPSA) is 86.7 Å². The quantitative estimate of drug-likeness (QED) is 0.644. The molecule has 22 heavy (non-hydrogen) atoms. The fraction of sp³-hybridized carbons (Fsp3) is 0.0714. The molecule has 8 heteroatoms. The summed E-state index contributed by atoms with van der Waals surface area (Å²) in [6, 6.07) is 9.77. The molecule has 0 aliphatic heterocycles. The number of rotatable bonds is 4. The minimum absolute atomic E-state index is 0.0103. The van der Waals surface area contributed by atoms with Crippen LogP contribution in [0.5, 0.6) is 0 Å². The number of aromatic nitrogens is 4. The van der Waals surface area contributed by atoms with E-state index in [0.29, 0.717) is 11.4 Å². The molecule has 112 valence electrons. The van der Waals surface area contributed by atoms with Gasteiger partial charge in [0.1, 0.15) is 11.6 Å². The van der Waals surface area contributed by atoms with E-state index in [1.54, 1.807) is 24.3 Å². The first-order chi connectivity index (χ1) is 10.6. The van der Waals surface area contributed by atoms with Crippen LogP contribution >= 0.6 is 0 Å². The summed E-state index contributed by atoms with van der Waals surface area (Å²) in [4.78, 5) is 0. The molecule has 0 saturated heterocycles. The highest BCUT2D eigenvalue weighted by atomic mass is 19.1. The van der Waals surface area contributed by atoms with Gasteiger partial charge in [-0.15, -0.1) is 10.2 Å². The Labute approximate surface area is 123 Å². The van der Waals surface area contributed by atoms with Crippen molar-refractivity contribution < 1.29 is 13.9 Å². The zero-order valence-electron chi connectivity index (χ0n) is 11.2. The van der Waals surface area contributed by atoms with Gasteiger partial charge in [-0.05, 0) is 17.3 Å². The Morgan fingerprint density at radius 1 is 1.09 bits per heavy atom. The highest BCUT2D eigenvalue weighted by molar-refractivity contribution is 5.55. The van der Waals surface area contributed by atoms with Crippen molar-refractivity contribution in [2.75, 3.05) is 5.32 Å². The molecule has 3 rings (SSSR count).